The highest BCUT2D eigenvalue weighted by Crippen LogP contribution is 2.45. The standard InChI is InChI=1S/C14H19NO4S/c1-7-8(6-16)20-13-10(19-5)12(18)15(13)9(7)11(17)14(2,3)4/h6,8,10,13H,1-5H3/t8?,10-,13+/m0/s1. The minimum atomic E-state index is -0.602. The average Bonchev–Trinajstić information content (AvgIpc) is 2.37. The predicted octanol–water partition coefficient (Wildman–Crippen LogP) is 1.37. The maximum atomic E-state index is 12.6. The molecule has 20 heavy (non-hydrogen) atoms. The lowest BCUT2D eigenvalue weighted by Crippen LogP contribution is -2.66. The fourth-order valence-electron chi connectivity index (χ4n) is 2.38. The Morgan fingerprint density at radius 1 is 1.40 bits per heavy atom. The molecule has 0 bridgehead atoms. The summed E-state index contributed by atoms with van der Waals surface area (Å²) in [6.45, 7) is 7.16. The Balaban J connectivity index is 2.47. The molecule has 0 saturated carbocycles. The number of thioether (sulfide) groups is 1. The second-order valence-corrected chi connectivity index (χ2v) is 7.32. The zero-order valence-corrected chi connectivity index (χ0v) is 13.1. The predicted molar refractivity (Wildman–Crippen MR) is 76.0 cm³/mol. The summed E-state index contributed by atoms with van der Waals surface area (Å²) in [4.78, 5) is 37.4. The molecule has 0 radical (unpaired) electrons. The van der Waals surface area contributed by atoms with E-state index in [2.05, 4.69) is 0 Å². The third kappa shape index (κ3) is 2.11. The van der Waals surface area contributed by atoms with Crippen molar-refractivity contribution in [2.75, 3.05) is 7.11 Å². The van der Waals surface area contributed by atoms with Crippen LogP contribution in [0.4, 0.5) is 0 Å². The van der Waals surface area contributed by atoms with Gasteiger partial charge in [-0.2, -0.15) is 0 Å². The van der Waals surface area contributed by atoms with Crippen LogP contribution in [0.1, 0.15) is 27.7 Å². The average molecular weight is 297 g/mol. The van der Waals surface area contributed by atoms with Crippen LogP contribution in [0.3, 0.4) is 0 Å². The third-order valence-electron chi connectivity index (χ3n) is 3.60. The van der Waals surface area contributed by atoms with Crippen LogP contribution < -0.4 is 0 Å². The Labute approximate surface area is 122 Å². The van der Waals surface area contributed by atoms with Gasteiger partial charge >= 0.3 is 0 Å². The quantitative estimate of drug-likeness (QED) is 0.581. The normalized spacial score (nSPS) is 29.9. The van der Waals surface area contributed by atoms with Gasteiger partial charge in [0.05, 0.1) is 10.9 Å². The molecular weight excluding hydrogens is 278 g/mol. The van der Waals surface area contributed by atoms with Crippen molar-refractivity contribution in [1.82, 2.24) is 4.90 Å². The Morgan fingerprint density at radius 3 is 2.45 bits per heavy atom. The second-order valence-electron chi connectivity index (χ2n) is 6.06. The number of methoxy groups -OCH3 is 1. The number of aldehydes is 1. The number of Topliss-reactive ketones (excluding diaryl/α,β-unsaturated/α-hetero) is 1. The van der Waals surface area contributed by atoms with Crippen LogP contribution in [-0.4, -0.2) is 46.7 Å². The van der Waals surface area contributed by atoms with E-state index in [-0.39, 0.29) is 17.1 Å². The molecule has 2 aliphatic heterocycles. The second kappa shape index (κ2) is 5.00. The summed E-state index contributed by atoms with van der Waals surface area (Å²) < 4.78 is 5.15. The van der Waals surface area contributed by atoms with Crippen molar-refractivity contribution in [3.8, 4) is 0 Å². The molecule has 110 valence electrons. The van der Waals surface area contributed by atoms with Crippen LogP contribution >= 0.6 is 11.8 Å². The number of β-lactam (4-membered cyclic amide) rings is 1. The Kier molecular flexibility index (Phi) is 3.81. The van der Waals surface area contributed by atoms with E-state index in [4.69, 9.17) is 4.74 Å². The van der Waals surface area contributed by atoms with Gasteiger partial charge in [0.1, 0.15) is 11.7 Å². The molecule has 0 N–H and O–H groups in total. The van der Waals surface area contributed by atoms with Crippen LogP contribution in [0.5, 0.6) is 0 Å². The highest BCUT2D eigenvalue weighted by molar-refractivity contribution is 8.01. The molecule has 1 saturated heterocycles. The van der Waals surface area contributed by atoms with Crippen molar-refractivity contribution in [1.29, 1.82) is 0 Å². The number of carbonyl (C=O) groups excluding carboxylic acids is 3. The van der Waals surface area contributed by atoms with Gasteiger partial charge in [-0.3, -0.25) is 14.5 Å². The lowest BCUT2D eigenvalue weighted by molar-refractivity contribution is -0.160. The summed E-state index contributed by atoms with van der Waals surface area (Å²) in [5.41, 5.74) is 0.426. The zero-order valence-electron chi connectivity index (χ0n) is 12.3. The molecule has 3 atom stereocenters. The number of nitrogens with zero attached hydrogens (tertiary/aromatic N) is 1. The van der Waals surface area contributed by atoms with Gasteiger partial charge < -0.3 is 9.53 Å². The van der Waals surface area contributed by atoms with Crippen molar-refractivity contribution in [2.45, 2.75) is 44.4 Å². The third-order valence-corrected chi connectivity index (χ3v) is 5.09. The number of rotatable bonds is 3. The van der Waals surface area contributed by atoms with Gasteiger partial charge in [0.2, 0.25) is 0 Å². The Hall–Kier alpha value is -1.14. The molecule has 0 aromatic carbocycles. The first kappa shape index (κ1) is 15.3. The number of carbonyl (C=O) groups is 3. The van der Waals surface area contributed by atoms with Crippen LogP contribution in [0, 0.1) is 5.41 Å². The lowest BCUT2D eigenvalue weighted by Gasteiger charge is -2.51. The minimum absolute atomic E-state index is 0.116. The molecule has 0 spiro atoms. The SMILES string of the molecule is CO[C@H]1C(=O)N2C(C(=O)C(C)(C)C)=C(C)C(C=O)S[C@H]12. The van der Waals surface area contributed by atoms with Gasteiger partial charge in [0.25, 0.3) is 5.91 Å². The number of ether oxygens (including phenoxy) is 1. The molecule has 2 rings (SSSR count). The van der Waals surface area contributed by atoms with Crippen molar-refractivity contribution < 1.29 is 19.1 Å². The van der Waals surface area contributed by atoms with Gasteiger partial charge in [0.15, 0.2) is 11.9 Å². The van der Waals surface area contributed by atoms with Gasteiger partial charge in [-0.25, -0.2) is 0 Å². The Bertz CT molecular complexity index is 506. The highest BCUT2D eigenvalue weighted by atomic mass is 32.2. The van der Waals surface area contributed by atoms with Crippen LogP contribution in [0.25, 0.3) is 0 Å². The summed E-state index contributed by atoms with van der Waals surface area (Å²) in [6.07, 6.45) is 0.251. The van der Waals surface area contributed by atoms with E-state index < -0.39 is 16.8 Å². The number of ketones is 1. The molecule has 5 nitrogen and oxygen atoms in total. The van der Waals surface area contributed by atoms with Gasteiger partial charge in [0, 0.05) is 12.5 Å². The molecule has 2 heterocycles. The fourth-order valence-corrected chi connectivity index (χ4v) is 3.76. The summed E-state index contributed by atoms with van der Waals surface area (Å²) in [5.74, 6) is -0.323. The first-order valence-corrected chi connectivity index (χ1v) is 7.40. The number of allylic oxidation sites excluding steroid dienone is 1. The molecule has 1 unspecified atom stereocenters. The van der Waals surface area contributed by atoms with Crippen LogP contribution in [0.2, 0.25) is 0 Å². The molecule has 6 heteroatoms. The topological polar surface area (TPSA) is 63.7 Å². The van der Waals surface area contributed by atoms with Crippen LogP contribution in [0.15, 0.2) is 11.3 Å². The molecule has 0 aromatic heterocycles. The Morgan fingerprint density at radius 2 is 2.00 bits per heavy atom. The molecule has 0 aromatic rings. The first-order chi connectivity index (χ1) is 9.23. The summed E-state index contributed by atoms with van der Waals surface area (Å²) in [5, 5.41) is -0.684. The van der Waals surface area contributed by atoms with E-state index in [1.54, 1.807) is 27.7 Å². The van der Waals surface area contributed by atoms with E-state index in [1.807, 2.05) is 0 Å². The minimum Gasteiger partial charge on any atom is -0.368 e. The molecule has 1 amide bonds. The van der Waals surface area contributed by atoms with Crippen molar-refractivity contribution in [3.63, 3.8) is 0 Å². The largest absolute Gasteiger partial charge is 0.368 e. The monoisotopic (exact) mass is 297 g/mol. The van der Waals surface area contributed by atoms with Crippen molar-refractivity contribution in [3.05, 3.63) is 11.3 Å². The molecule has 0 aliphatic carbocycles. The van der Waals surface area contributed by atoms with Gasteiger partial charge in [-0.05, 0) is 12.5 Å². The van der Waals surface area contributed by atoms with E-state index in [0.717, 1.165) is 6.29 Å². The summed E-state index contributed by atoms with van der Waals surface area (Å²) in [6, 6.07) is 0. The highest BCUT2D eigenvalue weighted by Gasteiger charge is 2.56. The smallest absolute Gasteiger partial charge is 0.260 e. The molecule has 1 fully saturated rings. The number of hydrogen-bond acceptors (Lipinski definition) is 5. The number of hydrogen-bond donors (Lipinski definition) is 0. The van der Waals surface area contributed by atoms with E-state index in [0.29, 0.717) is 11.3 Å². The maximum absolute atomic E-state index is 12.6. The summed E-state index contributed by atoms with van der Waals surface area (Å²) >= 11 is 1.36. The zero-order chi connectivity index (χ0) is 15.2. The number of fused-ring (bicyclic) bond motifs is 1. The van der Waals surface area contributed by atoms with Crippen LogP contribution in [-0.2, 0) is 19.1 Å². The number of amides is 1. The lowest BCUT2D eigenvalue weighted by atomic mass is 9.85. The maximum Gasteiger partial charge on any atom is 0.260 e. The summed E-state index contributed by atoms with van der Waals surface area (Å²) in [7, 11) is 1.47. The fraction of sp³-hybridized carbons (Fsp3) is 0.643. The molecule has 2 aliphatic rings. The van der Waals surface area contributed by atoms with Gasteiger partial charge in [-0.1, -0.05) is 20.8 Å². The molecular formula is C14H19NO4S. The van der Waals surface area contributed by atoms with E-state index in [9.17, 15) is 14.4 Å². The van der Waals surface area contributed by atoms with Crippen molar-refractivity contribution in [2.24, 2.45) is 5.41 Å². The van der Waals surface area contributed by atoms with Gasteiger partial charge in [-0.15, -0.1) is 11.8 Å². The first-order valence-electron chi connectivity index (χ1n) is 6.46. The van der Waals surface area contributed by atoms with Crippen molar-refractivity contribution >= 4 is 29.7 Å². The van der Waals surface area contributed by atoms with E-state index in [1.165, 1.54) is 23.8 Å². The van der Waals surface area contributed by atoms with E-state index >= 15 is 0 Å².